The molecule has 1 aliphatic rings. The van der Waals surface area contributed by atoms with Crippen LogP contribution < -0.4 is 10.2 Å². The molecule has 3 rings (SSSR count). The van der Waals surface area contributed by atoms with Crippen molar-refractivity contribution in [2.24, 2.45) is 10.9 Å². The highest BCUT2D eigenvalue weighted by atomic mass is 32.2. The van der Waals surface area contributed by atoms with Gasteiger partial charge in [-0.15, -0.1) is 11.8 Å². The van der Waals surface area contributed by atoms with Gasteiger partial charge in [0.25, 0.3) is 0 Å². The first kappa shape index (κ1) is 15.6. The van der Waals surface area contributed by atoms with Gasteiger partial charge >= 0.3 is 6.03 Å². The van der Waals surface area contributed by atoms with Crippen LogP contribution in [0.15, 0.2) is 59.6 Å². The third-order valence-corrected chi connectivity index (χ3v) is 4.67. The summed E-state index contributed by atoms with van der Waals surface area (Å²) in [5.41, 5.74) is 2.47. The molecule has 118 valence electrons. The molecule has 0 fully saturated rings. The van der Waals surface area contributed by atoms with E-state index >= 15 is 0 Å². The number of para-hydroxylation sites is 3. The van der Waals surface area contributed by atoms with Crippen molar-refractivity contribution in [1.29, 1.82) is 0 Å². The number of carbonyl (C=O) groups excluding carboxylic acids is 1. The highest BCUT2D eigenvalue weighted by Crippen LogP contribution is 2.34. The van der Waals surface area contributed by atoms with Crippen LogP contribution in [0.1, 0.15) is 6.92 Å². The fraction of sp³-hybridized carbons (Fsp3) is 0.222. The Morgan fingerprint density at radius 1 is 1.17 bits per heavy atom. The number of fused-ring (bicyclic) bond motifs is 1. The van der Waals surface area contributed by atoms with Crippen LogP contribution in [0, 0.1) is 5.92 Å². The number of aliphatic imine (C=N–C) groups is 1. The smallest absolute Gasteiger partial charge is 0.308 e. The Labute approximate surface area is 140 Å². The van der Waals surface area contributed by atoms with E-state index in [0.717, 1.165) is 22.1 Å². The minimum atomic E-state index is -0.131. The van der Waals surface area contributed by atoms with E-state index < -0.39 is 0 Å². The Bertz CT molecular complexity index is 730. The van der Waals surface area contributed by atoms with Gasteiger partial charge in [0.1, 0.15) is 0 Å². The zero-order valence-electron chi connectivity index (χ0n) is 13.2. The van der Waals surface area contributed by atoms with Gasteiger partial charge in [0.2, 0.25) is 0 Å². The summed E-state index contributed by atoms with van der Waals surface area (Å²) in [6, 6.07) is 17.2. The van der Waals surface area contributed by atoms with E-state index in [1.54, 1.807) is 16.7 Å². The predicted molar refractivity (Wildman–Crippen MR) is 99.0 cm³/mol. The molecule has 1 unspecified atom stereocenters. The lowest BCUT2D eigenvalue weighted by molar-refractivity contribution is 0.256. The second kappa shape index (κ2) is 6.87. The van der Waals surface area contributed by atoms with Crippen molar-refractivity contribution >= 4 is 39.9 Å². The number of nitrogens with zero attached hydrogens (tertiary/aromatic N) is 2. The first-order valence-electron chi connectivity index (χ1n) is 7.54. The summed E-state index contributed by atoms with van der Waals surface area (Å²) >= 11 is 1.64. The molecule has 1 atom stereocenters. The minimum absolute atomic E-state index is 0.131. The van der Waals surface area contributed by atoms with Crippen molar-refractivity contribution in [2.45, 2.75) is 6.92 Å². The summed E-state index contributed by atoms with van der Waals surface area (Å²) in [7, 11) is 0. The minimum Gasteiger partial charge on any atom is -0.308 e. The molecule has 4 nitrogen and oxygen atoms in total. The average molecular weight is 325 g/mol. The van der Waals surface area contributed by atoms with E-state index in [1.807, 2.05) is 60.9 Å². The zero-order valence-corrected chi connectivity index (χ0v) is 14.0. The number of urea groups is 1. The number of carbonyl (C=O) groups is 1. The van der Waals surface area contributed by atoms with Crippen molar-refractivity contribution in [3.63, 3.8) is 0 Å². The molecule has 1 heterocycles. The first-order chi connectivity index (χ1) is 11.2. The summed E-state index contributed by atoms with van der Waals surface area (Å²) in [4.78, 5) is 19.3. The molecule has 0 bridgehead atoms. The van der Waals surface area contributed by atoms with Gasteiger partial charge in [0.15, 0.2) is 0 Å². The highest BCUT2D eigenvalue weighted by molar-refractivity contribution is 8.13. The number of amides is 2. The lowest BCUT2D eigenvalue weighted by atomic mass is 10.2. The van der Waals surface area contributed by atoms with Crippen LogP contribution >= 0.6 is 11.8 Å². The monoisotopic (exact) mass is 325 g/mol. The molecule has 1 N–H and O–H groups in total. The summed E-state index contributed by atoms with van der Waals surface area (Å²) < 4.78 is 0. The number of nitrogens with one attached hydrogen (secondary N) is 1. The third kappa shape index (κ3) is 3.40. The standard InChI is InChI=1S/C18H19N3OS/c1-13-12-21(18(22)19-14-8-4-3-5-9-14)16-11-7-6-10-15(16)20-17(13)23-2/h3-11,13H,12H2,1-2H3,(H,19,22). The largest absolute Gasteiger partial charge is 0.326 e. The number of rotatable bonds is 1. The van der Waals surface area contributed by atoms with Crippen LogP contribution in [0.4, 0.5) is 21.9 Å². The van der Waals surface area contributed by atoms with E-state index in [4.69, 9.17) is 4.99 Å². The fourth-order valence-corrected chi connectivity index (χ4v) is 3.28. The summed E-state index contributed by atoms with van der Waals surface area (Å²) in [6.07, 6.45) is 2.03. The molecule has 0 saturated carbocycles. The van der Waals surface area contributed by atoms with E-state index in [9.17, 15) is 4.79 Å². The molecule has 0 aromatic heterocycles. The second-order valence-electron chi connectivity index (χ2n) is 5.45. The van der Waals surface area contributed by atoms with Crippen LogP contribution in [0.2, 0.25) is 0 Å². The zero-order chi connectivity index (χ0) is 16.2. The van der Waals surface area contributed by atoms with E-state index in [0.29, 0.717) is 6.54 Å². The van der Waals surface area contributed by atoms with Crippen LogP contribution in [0.25, 0.3) is 0 Å². The lowest BCUT2D eigenvalue weighted by Gasteiger charge is -2.24. The Morgan fingerprint density at radius 3 is 2.61 bits per heavy atom. The molecule has 5 heteroatoms. The van der Waals surface area contributed by atoms with Gasteiger partial charge in [0, 0.05) is 18.2 Å². The van der Waals surface area contributed by atoms with Crippen LogP contribution in [0.5, 0.6) is 0 Å². The topological polar surface area (TPSA) is 44.7 Å². The van der Waals surface area contributed by atoms with Crippen molar-refractivity contribution in [3.8, 4) is 0 Å². The van der Waals surface area contributed by atoms with Crippen molar-refractivity contribution in [2.75, 3.05) is 23.0 Å². The second-order valence-corrected chi connectivity index (χ2v) is 6.28. The van der Waals surface area contributed by atoms with Gasteiger partial charge in [-0.1, -0.05) is 37.3 Å². The number of anilines is 2. The maximum Gasteiger partial charge on any atom is 0.326 e. The Kier molecular flexibility index (Phi) is 4.67. The SMILES string of the molecule is CSC1=Nc2ccccc2N(C(=O)Nc2ccccc2)CC1C. The van der Waals surface area contributed by atoms with Crippen molar-refractivity contribution in [3.05, 3.63) is 54.6 Å². The van der Waals surface area contributed by atoms with Gasteiger partial charge in [0.05, 0.1) is 16.4 Å². The molecule has 0 radical (unpaired) electrons. The first-order valence-corrected chi connectivity index (χ1v) is 8.76. The van der Waals surface area contributed by atoms with Crippen molar-refractivity contribution < 1.29 is 4.79 Å². The maximum absolute atomic E-state index is 12.8. The normalized spacial score (nSPS) is 17.0. The quantitative estimate of drug-likeness (QED) is 0.821. The summed E-state index contributed by atoms with van der Waals surface area (Å²) in [5, 5.41) is 4.01. The Morgan fingerprint density at radius 2 is 1.87 bits per heavy atom. The average Bonchev–Trinajstić information content (AvgIpc) is 2.72. The van der Waals surface area contributed by atoms with Gasteiger partial charge in [-0.05, 0) is 30.5 Å². The number of hydrogen-bond acceptors (Lipinski definition) is 3. The molecule has 1 aliphatic heterocycles. The number of hydrogen-bond donors (Lipinski definition) is 1. The molecule has 2 aromatic rings. The number of benzene rings is 2. The van der Waals surface area contributed by atoms with Crippen LogP contribution in [-0.4, -0.2) is 23.9 Å². The third-order valence-electron chi connectivity index (χ3n) is 3.76. The van der Waals surface area contributed by atoms with E-state index in [1.165, 1.54) is 0 Å². The molecule has 0 aliphatic carbocycles. The molecular formula is C18H19N3OS. The van der Waals surface area contributed by atoms with Gasteiger partial charge < -0.3 is 5.32 Å². The van der Waals surface area contributed by atoms with E-state index in [-0.39, 0.29) is 11.9 Å². The van der Waals surface area contributed by atoms with Crippen LogP contribution in [-0.2, 0) is 0 Å². The Balaban J connectivity index is 1.92. The molecule has 0 spiro atoms. The molecule has 0 saturated heterocycles. The molecule has 2 amide bonds. The molecular weight excluding hydrogens is 306 g/mol. The van der Waals surface area contributed by atoms with Crippen molar-refractivity contribution in [1.82, 2.24) is 0 Å². The Hall–Kier alpha value is -2.27. The maximum atomic E-state index is 12.8. The van der Waals surface area contributed by atoms with E-state index in [2.05, 4.69) is 12.2 Å². The molecule has 23 heavy (non-hydrogen) atoms. The lowest BCUT2D eigenvalue weighted by Crippen LogP contribution is -2.38. The fourth-order valence-electron chi connectivity index (χ4n) is 2.62. The highest BCUT2D eigenvalue weighted by Gasteiger charge is 2.26. The summed E-state index contributed by atoms with van der Waals surface area (Å²) in [5.74, 6) is 0.193. The summed E-state index contributed by atoms with van der Waals surface area (Å²) in [6.45, 7) is 2.71. The van der Waals surface area contributed by atoms with Gasteiger partial charge in [-0.3, -0.25) is 4.90 Å². The number of thioether (sulfide) groups is 1. The predicted octanol–water partition coefficient (Wildman–Crippen LogP) is 4.77. The van der Waals surface area contributed by atoms with Gasteiger partial charge in [-0.2, -0.15) is 0 Å². The molecule has 2 aromatic carbocycles. The van der Waals surface area contributed by atoms with Gasteiger partial charge in [-0.25, -0.2) is 9.79 Å². The van der Waals surface area contributed by atoms with Crippen LogP contribution in [0.3, 0.4) is 0 Å².